The molecule has 0 atom stereocenters. The summed E-state index contributed by atoms with van der Waals surface area (Å²) in [5.74, 6) is 0. The zero-order chi connectivity index (χ0) is 11.4. The molecule has 0 heterocycles. The van der Waals surface area contributed by atoms with Crippen molar-refractivity contribution in [2.24, 2.45) is 5.11 Å². The summed E-state index contributed by atoms with van der Waals surface area (Å²) < 4.78 is 0. The van der Waals surface area contributed by atoms with Crippen LogP contribution < -0.4 is 0 Å². The van der Waals surface area contributed by atoms with Gasteiger partial charge in [-0.3, -0.25) is 0 Å². The first-order valence-corrected chi connectivity index (χ1v) is 5.90. The lowest BCUT2D eigenvalue weighted by atomic mass is 9.77. The third-order valence-electron chi connectivity index (χ3n) is 3.47. The van der Waals surface area contributed by atoms with Gasteiger partial charge >= 0.3 is 0 Å². The van der Waals surface area contributed by atoms with E-state index in [1.165, 1.54) is 17.5 Å². The highest BCUT2D eigenvalue weighted by Gasteiger charge is 2.32. The van der Waals surface area contributed by atoms with Gasteiger partial charge in [0.25, 0.3) is 0 Å². The van der Waals surface area contributed by atoms with Gasteiger partial charge in [0, 0.05) is 4.91 Å². The highest BCUT2D eigenvalue weighted by atomic mass is 15.2. The first kappa shape index (κ1) is 11.0. The van der Waals surface area contributed by atoms with E-state index < -0.39 is 0 Å². The predicted molar refractivity (Wildman–Crippen MR) is 65.1 cm³/mol. The summed E-state index contributed by atoms with van der Waals surface area (Å²) >= 11 is 0. The standard InChI is InChI=1S/C13H17N3/c1-11-6-5-7-12(10-11)13(15-16-14)8-3-2-4-9-13/h5-7,10H,2-4,8-9H2,1H3. The summed E-state index contributed by atoms with van der Waals surface area (Å²) in [4.78, 5) is 3.06. The second-order valence-electron chi connectivity index (χ2n) is 4.65. The molecule has 0 N–H and O–H groups in total. The molecule has 2 rings (SSSR count). The largest absolute Gasteiger partial charge is 0.0826 e. The summed E-state index contributed by atoms with van der Waals surface area (Å²) in [7, 11) is 0. The number of hydrogen-bond donors (Lipinski definition) is 0. The van der Waals surface area contributed by atoms with E-state index in [0.29, 0.717) is 0 Å². The van der Waals surface area contributed by atoms with E-state index in [4.69, 9.17) is 5.53 Å². The molecule has 0 bridgehead atoms. The normalized spacial score (nSPS) is 18.8. The monoisotopic (exact) mass is 215 g/mol. The van der Waals surface area contributed by atoms with Crippen molar-refractivity contribution >= 4 is 0 Å². The highest BCUT2D eigenvalue weighted by Crippen LogP contribution is 2.40. The number of hydrogen-bond acceptors (Lipinski definition) is 1. The Morgan fingerprint density at radius 1 is 1.25 bits per heavy atom. The van der Waals surface area contributed by atoms with Gasteiger partial charge in [0.15, 0.2) is 0 Å². The molecule has 0 aromatic heterocycles. The average Bonchev–Trinajstić information content (AvgIpc) is 2.31. The molecule has 1 aliphatic carbocycles. The molecule has 3 heteroatoms. The highest BCUT2D eigenvalue weighted by molar-refractivity contribution is 5.29. The Kier molecular flexibility index (Phi) is 3.16. The van der Waals surface area contributed by atoms with Gasteiger partial charge in [0.05, 0.1) is 5.54 Å². The maximum atomic E-state index is 8.77. The molecule has 0 spiro atoms. The van der Waals surface area contributed by atoms with Crippen molar-refractivity contribution in [1.82, 2.24) is 0 Å². The van der Waals surface area contributed by atoms with Gasteiger partial charge in [-0.15, -0.1) is 0 Å². The van der Waals surface area contributed by atoms with Crippen molar-refractivity contribution in [2.75, 3.05) is 0 Å². The molecule has 0 unspecified atom stereocenters. The Balaban J connectivity index is 2.42. The maximum Gasteiger partial charge on any atom is 0.0738 e. The van der Waals surface area contributed by atoms with Crippen molar-refractivity contribution in [3.63, 3.8) is 0 Å². The van der Waals surface area contributed by atoms with E-state index in [2.05, 4.69) is 35.1 Å². The molecular weight excluding hydrogens is 198 g/mol. The van der Waals surface area contributed by atoms with Gasteiger partial charge in [0.2, 0.25) is 0 Å². The maximum absolute atomic E-state index is 8.77. The lowest BCUT2D eigenvalue weighted by molar-refractivity contribution is 0.301. The van der Waals surface area contributed by atoms with Crippen LogP contribution in [0.4, 0.5) is 0 Å². The van der Waals surface area contributed by atoms with E-state index in [0.717, 1.165) is 25.7 Å². The van der Waals surface area contributed by atoms with Crippen molar-refractivity contribution in [1.29, 1.82) is 0 Å². The molecule has 1 aromatic rings. The fourth-order valence-electron chi connectivity index (χ4n) is 2.60. The zero-order valence-electron chi connectivity index (χ0n) is 9.69. The fourth-order valence-corrected chi connectivity index (χ4v) is 2.60. The van der Waals surface area contributed by atoms with Crippen molar-refractivity contribution in [3.05, 3.63) is 45.8 Å². The second-order valence-corrected chi connectivity index (χ2v) is 4.65. The summed E-state index contributed by atoms with van der Waals surface area (Å²) in [6.07, 6.45) is 5.55. The molecule has 16 heavy (non-hydrogen) atoms. The summed E-state index contributed by atoms with van der Waals surface area (Å²) in [6.45, 7) is 2.08. The van der Waals surface area contributed by atoms with E-state index in [1.54, 1.807) is 0 Å². The Hall–Kier alpha value is -1.47. The van der Waals surface area contributed by atoms with Gasteiger partial charge in [-0.25, -0.2) is 0 Å². The van der Waals surface area contributed by atoms with Crippen LogP contribution in [0, 0.1) is 6.92 Å². The molecule has 1 saturated carbocycles. The van der Waals surface area contributed by atoms with Gasteiger partial charge in [-0.1, -0.05) is 54.2 Å². The molecule has 1 aliphatic rings. The Labute approximate surface area is 96.1 Å². The second kappa shape index (κ2) is 4.58. The van der Waals surface area contributed by atoms with Crippen LogP contribution in [-0.2, 0) is 5.54 Å². The first-order valence-electron chi connectivity index (χ1n) is 5.90. The lowest BCUT2D eigenvalue weighted by Gasteiger charge is -2.33. The summed E-state index contributed by atoms with van der Waals surface area (Å²) in [6, 6.07) is 8.37. The molecule has 3 nitrogen and oxygen atoms in total. The zero-order valence-corrected chi connectivity index (χ0v) is 9.69. The number of nitrogens with zero attached hydrogens (tertiary/aromatic N) is 3. The first-order chi connectivity index (χ1) is 7.77. The number of rotatable bonds is 2. The van der Waals surface area contributed by atoms with Crippen LogP contribution in [0.5, 0.6) is 0 Å². The number of azide groups is 1. The quantitative estimate of drug-likeness (QED) is 0.397. The van der Waals surface area contributed by atoms with Crippen LogP contribution >= 0.6 is 0 Å². The van der Waals surface area contributed by atoms with Gasteiger partial charge < -0.3 is 0 Å². The minimum absolute atomic E-state index is 0.279. The number of benzene rings is 1. The molecule has 1 aromatic carbocycles. The third kappa shape index (κ3) is 2.05. The van der Waals surface area contributed by atoms with Crippen LogP contribution in [-0.4, -0.2) is 0 Å². The van der Waals surface area contributed by atoms with Crippen LogP contribution in [0.2, 0.25) is 0 Å². The summed E-state index contributed by atoms with van der Waals surface area (Å²) in [5.41, 5.74) is 10.9. The summed E-state index contributed by atoms with van der Waals surface area (Å²) in [5, 5.41) is 4.11. The van der Waals surface area contributed by atoms with Crippen molar-refractivity contribution < 1.29 is 0 Å². The van der Waals surface area contributed by atoms with E-state index in [1.807, 2.05) is 6.07 Å². The van der Waals surface area contributed by atoms with Crippen molar-refractivity contribution in [3.8, 4) is 0 Å². The molecule has 0 saturated heterocycles. The third-order valence-corrected chi connectivity index (χ3v) is 3.47. The average molecular weight is 215 g/mol. The molecule has 0 radical (unpaired) electrons. The minimum atomic E-state index is -0.279. The van der Waals surface area contributed by atoms with Gasteiger partial charge in [0.1, 0.15) is 0 Å². The lowest BCUT2D eigenvalue weighted by Crippen LogP contribution is -2.26. The molecule has 0 amide bonds. The predicted octanol–water partition coefficient (Wildman–Crippen LogP) is 4.46. The van der Waals surface area contributed by atoms with E-state index >= 15 is 0 Å². The smallest absolute Gasteiger partial charge is 0.0738 e. The Morgan fingerprint density at radius 2 is 2.00 bits per heavy atom. The number of aryl methyl sites for hydroxylation is 1. The molecule has 1 fully saturated rings. The van der Waals surface area contributed by atoms with Gasteiger partial charge in [-0.2, -0.15) is 0 Å². The van der Waals surface area contributed by atoms with Crippen molar-refractivity contribution in [2.45, 2.75) is 44.6 Å². The van der Waals surface area contributed by atoms with Gasteiger partial charge in [-0.05, 0) is 30.9 Å². The minimum Gasteiger partial charge on any atom is -0.0826 e. The molecule has 84 valence electrons. The van der Waals surface area contributed by atoms with E-state index in [-0.39, 0.29) is 5.54 Å². The topological polar surface area (TPSA) is 48.8 Å². The molecule has 0 aliphatic heterocycles. The molecular formula is C13H17N3. The van der Waals surface area contributed by atoms with Crippen LogP contribution in [0.3, 0.4) is 0 Å². The fraction of sp³-hybridized carbons (Fsp3) is 0.538. The SMILES string of the molecule is Cc1cccc(C2(N=[N+]=[N-])CCCCC2)c1. The van der Waals surface area contributed by atoms with E-state index in [9.17, 15) is 0 Å². The van der Waals surface area contributed by atoms with Crippen LogP contribution in [0.15, 0.2) is 29.4 Å². The Bertz CT molecular complexity index is 413. The van der Waals surface area contributed by atoms with Crippen LogP contribution in [0.1, 0.15) is 43.2 Å². The van der Waals surface area contributed by atoms with Crippen LogP contribution in [0.25, 0.3) is 10.4 Å². The Morgan fingerprint density at radius 3 is 2.62 bits per heavy atom.